The highest BCUT2D eigenvalue weighted by Gasteiger charge is 2.31. The molecule has 0 radical (unpaired) electrons. The molecule has 1 aromatic carbocycles. The fourth-order valence-corrected chi connectivity index (χ4v) is 4.04. The fourth-order valence-electron chi connectivity index (χ4n) is 3.80. The van der Waals surface area contributed by atoms with E-state index in [4.69, 9.17) is 22.3 Å². The molecule has 12 N–H and O–H groups in total. The molecule has 16 heteroatoms. The summed E-state index contributed by atoms with van der Waals surface area (Å²) in [4.78, 5) is 68.3. The summed E-state index contributed by atoms with van der Waals surface area (Å²) in [6.07, 6.45) is 1.31. The highest BCUT2D eigenvalue weighted by atomic mass is 32.1. The number of aliphatic carboxylic acids is 2. The van der Waals surface area contributed by atoms with E-state index in [1.807, 2.05) is 24.3 Å². The number of carbonyl (C=O) groups is 5. The van der Waals surface area contributed by atoms with Gasteiger partial charge in [0.1, 0.15) is 18.1 Å². The molecule has 0 fully saturated rings. The van der Waals surface area contributed by atoms with Gasteiger partial charge in [0.15, 0.2) is 5.96 Å². The van der Waals surface area contributed by atoms with E-state index < -0.39 is 60.2 Å². The number of aromatic amines is 1. The Labute approximate surface area is 234 Å². The van der Waals surface area contributed by atoms with Gasteiger partial charge >= 0.3 is 11.9 Å². The van der Waals surface area contributed by atoms with Gasteiger partial charge in [0.05, 0.1) is 12.5 Å². The van der Waals surface area contributed by atoms with Gasteiger partial charge in [-0.05, 0) is 30.9 Å². The van der Waals surface area contributed by atoms with Crippen molar-refractivity contribution in [3.8, 4) is 0 Å². The first kappa shape index (κ1) is 31.9. The number of carboxylic acids is 2. The molecular formula is C24H34N8O7S. The molecule has 3 amide bonds. The molecule has 0 aliphatic heterocycles. The number of hydrogen-bond acceptors (Lipinski definition) is 8. The molecule has 0 spiro atoms. The predicted octanol–water partition coefficient (Wildman–Crippen LogP) is -1.97. The van der Waals surface area contributed by atoms with Crippen molar-refractivity contribution in [2.24, 2.45) is 22.2 Å². The highest BCUT2D eigenvalue weighted by molar-refractivity contribution is 7.80. The van der Waals surface area contributed by atoms with Crippen LogP contribution in [0.2, 0.25) is 0 Å². The van der Waals surface area contributed by atoms with Crippen LogP contribution >= 0.6 is 12.6 Å². The van der Waals surface area contributed by atoms with E-state index >= 15 is 0 Å². The van der Waals surface area contributed by atoms with Crippen LogP contribution in [0.25, 0.3) is 10.9 Å². The van der Waals surface area contributed by atoms with Gasteiger partial charge in [0, 0.05) is 29.4 Å². The Hall–Kier alpha value is -4.31. The lowest BCUT2D eigenvalue weighted by Crippen LogP contribution is -2.57. The number of fused-ring (bicyclic) bond motifs is 1. The second-order valence-corrected chi connectivity index (χ2v) is 9.29. The van der Waals surface area contributed by atoms with Crippen LogP contribution in [0.3, 0.4) is 0 Å². The molecule has 0 aliphatic rings. The minimum absolute atomic E-state index is 0.0178. The third-order valence-corrected chi connectivity index (χ3v) is 6.20. The first-order valence-electron chi connectivity index (χ1n) is 12.3. The molecular weight excluding hydrogens is 544 g/mol. The lowest BCUT2D eigenvalue weighted by Gasteiger charge is -2.24. The zero-order chi connectivity index (χ0) is 29.8. The molecule has 15 nitrogen and oxygen atoms in total. The molecule has 2 aromatic rings. The molecule has 0 saturated heterocycles. The number of aliphatic imine (C=N–C) groups is 1. The van der Waals surface area contributed by atoms with Crippen molar-refractivity contribution in [2.45, 2.75) is 49.9 Å². The van der Waals surface area contributed by atoms with Gasteiger partial charge in [-0.15, -0.1) is 0 Å². The van der Waals surface area contributed by atoms with Gasteiger partial charge in [-0.1, -0.05) is 18.2 Å². The molecule has 4 unspecified atom stereocenters. The van der Waals surface area contributed by atoms with E-state index in [0.717, 1.165) is 16.5 Å². The Morgan fingerprint density at radius 2 is 1.57 bits per heavy atom. The largest absolute Gasteiger partial charge is 0.481 e. The number of H-pyrrole nitrogens is 1. The van der Waals surface area contributed by atoms with Crippen LogP contribution in [0.1, 0.15) is 24.8 Å². The van der Waals surface area contributed by atoms with Crippen LogP contribution in [0, 0.1) is 0 Å². The molecule has 40 heavy (non-hydrogen) atoms. The maximum Gasteiger partial charge on any atom is 0.327 e. The standard InChI is InChI=1S/C24H34N8O7S/c25-14(8-12-10-29-15-5-2-1-4-13(12)15)20(35)30-16(6-3-7-28-24(26)27)21(36)31-17(9-19(33)34)22(37)32-18(11-40)23(38)39/h1-2,4-5,10,14,16-18,29,40H,3,6-9,11,25H2,(H,30,35)(H,31,36)(H,32,37)(H,33,34)(H,38,39)(H4,26,27,28). The van der Waals surface area contributed by atoms with Crippen LogP contribution in [0.5, 0.6) is 0 Å². The number of guanidine groups is 1. The topological polar surface area (TPSA) is 268 Å². The number of thiol groups is 1. The highest BCUT2D eigenvalue weighted by Crippen LogP contribution is 2.18. The number of nitrogens with one attached hydrogen (secondary N) is 4. The normalized spacial score (nSPS) is 13.8. The number of nitrogens with two attached hydrogens (primary N) is 3. The number of rotatable bonds is 16. The van der Waals surface area contributed by atoms with Gasteiger partial charge in [0.2, 0.25) is 17.7 Å². The van der Waals surface area contributed by atoms with Crippen molar-refractivity contribution in [3.05, 3.63) is 36.0 Å². The van der Waals surface area contributed by atoms with Gasteiger partial charge in [-0.25, -0.2) is 4.79 Å². The Kier molecular flexibility index (Phi) is 12.2. The number of carboxylic acid groups (broad SMARTS) is 2. The number of carbonyl (C=O) groups excluding carboxylic acids is 3. The minimum Gasteiger partial charge on any atom is -0.481 e. The fraction of sp³-hybridized carbons (Fsp3) is 0.417. The van der Waals surface area contributed by atoms with E-state index in [1.165, 1.54) is 0 Å². The van der Waals surface area contributed by atoms with E-state index in [9.17, 15) is 29.1 Å². The summed E-state index contributed by atoms with van der Waals surface area (Å²) in [6.45, 7) is 0.130. The van der Waals surface area contributed by atoms with Crippen LogP contribution in [0.4, 0.5) is 0 Å². The number of amides is 3. The smallest absolute Gasteiger partial charge is 0.327 e. The van der Waals surface area contributed by atoms with Gasteiger partial charge < -0.3 is 48.3 Å². The lowest BCUT2D eigenvalue weighted by atomic mass is 10.0. The van der Waals surface area contributed by atoms with Crippen molar-refractivity contribution in [3.63, 3.8) is 0 Å². The first-order chi connectivity index (χ1) is 18.9. The average molecular weight is 579 g/mol. The number of hydrogen-bond donors (Lipinski definition) is 10. The van der Waals surface area contributed by atoms with E-state index in [-0.39, 0.29) is 37.5 Å². The van der Waals surface area contributed by atoms with Gasteiger partial charge in [0.25, 0.3) is 0 Å². The summed E-state index contributed by atoms with van der Waals surface area (Å²) in [5.41, 5.74) is 18.4. The van der Waals surface area contributed by atoms with Gasteiger partial charge in [-0.3, -0.25) is 24.2 Å². The van der Waals surface area contributed by atoms with Crippen LogP contribution in [-0.2, 0) is 30.4 Å². The zero-order valence-electron chi connectivity index (χ0n) is 21.5. The van der Waals surface area contributed by atoms with Crippen molar-refractivity contribution >= 4 is 59.2 Å². The first-order valence-corrected chi connectivity index (χ1v) is 12.9. The Morgan fingerprint density at radius 3 is 2.20 bits per heavy atom. The molecule has 1 aromatic heterocycles. The van der Waals surface area contributed by atoms with Crippen molar-refractivity contribution in [1.82, 2.24) is 20.9 Å². The Morgan fingerprint density at radius 1 is 0.950 bits per heavy atom. The summed E-state index contributed by atoms with van der Waals surface area (Å²) in [6, 6.07) is 2.13. The SMILES string of the molecule is NC(N)=NCCCC(NC(=O)C(N)Cc1c[nH]c2ccccc12)C(=O)NC(CC(=O)O)C(=O)NC(CS)C(=O)O. The molecule has 4 atom stereocenters. The number of nitrogens with zero attached hydrogens (tertiary/aromatic N) is 1. The van der Waals surface area contributed by atoms with Gasteiger partial charge in [-0.2, -0.15) is 12.6 Å². The molecule has 0 bridgehead atoms. The summed E-state index contributed by atoms with van der Waals surface area (Å²) in [7, 11) is 0. The summed E-state index contributed by atoms with van der Waals surface area (Å²) in [5, 5.41) is 26.3. The number of aromatic nitrogens is 1. The van der Waals surface area contributed by atoms with E-state index in [0.29, 0.717) is 0 Å². The van der Waals surface area contributed by atoms with Crippen molar-refractivity contribution in [1.29, 1.82) is 0 Å². The lowest BCUT2D eigenvalue weighted by molar-refractivity contribution is -0.143. The van der Waals surface area contributed by atoms with Crippen LogP contribution in [-0.4, -0.2) is 87.3 Å². The number of para-hydroxylation sites is 1. The molecule has 0 aliphatic carbocycles. The third kappa shape index (κ3) is 9.77. The minimum atomic E-state index is -1.64. The summed E-state index contributed by atoms with van der Waals surface area (Å²) in [5.74, 6) is -5.83. The maximum atomic E-state index is 13.1. The van der Waals surface area contributed by atoms with E-state index in [1.54, 1.807) is 6.20 Å². The Balaban J connectivity index is 2.17. The number of benzene rings is 1. The summed E-state index contributed by atoms with van der Waals surface area (Å²) < 4.78 is 0. The van der Waals surface area contributed by atoms with E-state index in [2.05, 4.69) is 38.6 Å². The molecule has 2 rings (SSSR count). The quantitative estimate of drug-likeness (QED) is 0.0454. The second-order valence-electron chi connectivity index (χ2n) is 8.92. The zero-order valence-corrected chi connectivity index (χ0v) is 22.4. The monoisotopic (exact) mass is 578 g/mol. The third-order valence-electron chi connectivity index (χ3n) is 5.84. The average Bonchev–Trinajstić information content (AvgIpc) is 3.30. The van der Waals surface area contributed by atoms with Crippen molar-refractivity contribution < 1.29 is 34.2 Å². The Bertz CT molecular complexity index is 1250. The predicted molar refractivity (Wildman–Crippen MR) is 149 cm³/mol. The van der Waals surface area contributed by atoms with Crippen molar-refractivity contribution in [2.75, 3.05) is 12.3 Å². The summed E-state index contributed by atoms with van der Waals surface area (Å²) >= 11 is 3.85. The van der Waals surface area contributed by atoms with Crippen LogP contribution < -0.4 is 33.2 Å². The molecule has 1 heterocycles. The molecule has 218 valence electrons. The second kappa shape index (κ2) is 15.3. The molecule has 0 saturated carbocycles. The van der Waals surface area contributed by atoms with Crippen LogP contribution in [0.15, 0.2) is 35.5 Å². The maximum absolute atomic E-state index is 13.1.